The molecule has 1 N–H and O–H groups in total. The highest BCUT2D eigenvalue weighted by Crippen LogP contribution is 2.08. The van der Waals surface area contributed by atoms with E-state index in [1.54, 1.807) is 30.1 Å². The van der Waals surface area contributed by atoms with Gasteiger partial charge in [0.15, 0.2) is 0 Å². The molecule has 0 bridgehead atoms. The minimum absolute atomic E-state index is 0.260. The van der Waals surface area contributed by atoms with Gasteiger partial charge in [-0.25, -0.2) is 14.5 Å². The van der Waals surface area contributed by atoms with Crippen molar-refractivity contribution in [1.29, 1.82) is 0 Å². The molecule has 2 rings (SSSR count). The van der Waals surface area contributed by atoms with Crippen molar-refractivity contribution in [3.8, 4) is 5.69 Å². The van der Waals surface area contributed by atoms with Crippen LogP contribution in [0.15, 0.2) is 30.6 Å². The molecule has 0 saturated heterocycles. The van der Waals surface area contributed by atoms with Gasteiger partial charge in [-0.1, -0.05) is 0 Å². The molecule has 15 heavy (non-hydrogen) atoms. The molecule has 5 nitrogen and oxygen atoms in total. The summed E-state index contributed by atoms with van der Waals surface area (Å²) in [6.45, 7) is 1.79. The number of hydrogen-bond acceptors (Lipinski definition) is 3. The lowest BCUT2D eigenvalue weighted by molar-refractivity contribution is 0.0697. The van der Waals surface area contributed by atoms with Crippen LogP contribution in [0.1, 0.15) is 16.2 Å². The van der Waals surface area contributed by atoms with Gasteiger partial charge in [-0.3, -0.25) is 0 Å². The third-order valence-corrected chi connectivity index (χ3v) is 1.99. The molecule has 1 aromatic carbocycles. The second kappa shape index (κ2) is 3.53. The number of aromatic carboxylic acids is 1. The van der Waals surface area contributed by atoms with E-state index in [0.717, 1.165) is 5.69 Å². The number of rotatable bonds is 2. The van der Waals surface area contributed by atoms with E-state index in [0.29, 0.717) is 5.82 Å². The largest absolute Gasteiger partial charge is 0.478 e. The average molecular weight is 203 g/mol. The lowest BCUT2D eigenvalue weighted by atomic mass is 10.2. The molecule has 0 fully saturated rings. The monoisotopic (exact) mass is 203 g/mol. The van der Waals surface area contributed by atoms with Gasteiger partial charge in [-0.15, -0.1) is 0 Å². The predicted molar refractivity (Wildman–Crippen MR) is 53.1 cm³/mol. The number of hydrogen-bond donors (Lipinski definition) is 1. The molecule has 5 heteroatoms. The fraction of sp³-hybridized carbons (Fsp3) is 0.100. The number of aromatic nitrogens is 3. The molecule has 0 spiro atoms. The van der Waals surface area contributed by atoms with Crippen molar-refractivity contribution < 1.29 is 9.90 Å². The number of benzene rings is 1. The Hall–Kier alpha value is -2.17. The van der Waals surface area contributed by atoms with E-state index < -0.39 is 5.97 Å². The molecule has 0 aliphatic carbocycles. The number of nitrogens with zero attached hydrogens (tertiary/aromatic N) is 3. The first-order valence-corrected chi connectivity index (χ1v) is 4.39. The van der Waals surface area contributed by atoms with Crippen LogP contribution in [0.3, 0.4) is 0 Å². The number of carboxylic acids is 1. The number of carbonyl (C=O) groups is 1. The van der Waals surface area contributed by atoms with Crippen LogP contribution >= 0.6 is 0 Å². The predicted octanol–water partition coefficient (Wildman–Crippen LogP) is 1.27. The van der Waals surface area contributed by atoms with Crippen molar-refractivity contribution in [2.45, 2.75) is 6.92 Å². The minimum Gasteiger partial charge on any atom is -0.478 e. The van der Waals surface area contributed by atoms with Crippen LogP contribution in [0.5, 0.6) is 0 Å². The summed E-state index contributed by atoms with van der Waals surface area (Å²) >= 11 is 0. The Morgan fingerprint density at radius 1 is 1.33 bits per heavy atom. The third-order valence-electron chi connectivity index (χ3n) is 1.99. The van der Waals surface area contributed by atoms with E-state index in [4.69, 9.17) is 5.11 Å². The first-order valence-electron chi connectivity index (χ1n) is 4.39. The van der Waals surface area contributed by atoms with Gasteiger partial charge in [0.05, 0.1) is 11.3 Å². The van der Waals surface area contributed by atoms with Crippen LogP contribution in [0.4, 0.5) is 0 Å². The van der Waals surface area contributed by atoms with Crippen molar-refractivity contribution in [2.75, 3.05) is 0 Å². The van der Waals surface area contributed by atoms with Crippen molar-refractivity contribution in [1.82, 2.24) is 14.8 Å². The van der Waals surface area contributed by atoms with Crippen LogP contribution < -0.4 is 0 Å². The Labute approximate surface area is 86.0 Å². The molecule has 0 unspecified atom stereocenters. The first-order chi connectivity index (χ1) is 7.16. The maximum Gasteiger partial charge on any atom is 0.335 e. The maximum atomic E-state index is 10.6. The van der Waals surface area contributed by atoms with Crippen LogP contribution in [-0.2, 0) is 0 Å². The fourth-order valence-corrected chi connectivity index (χ4v) is 1.23. The highest BCUT2D eigenvalue weighted by Gasteiger charge is 2.03. The summed E-state index contributed by atoms with van der Waals surface area (Å²) in [4.78, 5) is 14.6. The quantitative estimate of drug-likeness (QED) is 0.798. The maximum absolute atomic E-state index is 10.6. The van der Waals surface area contributed by atoms with E-state index in [1.165, 1.54) is 12.1 Å². The van der Waals surface area contributed by atoms with E-state index in [2.05, 4.69) is 10.1 Å². The molecular weight excluding hydrogens is 194 g/mol. The summed E-state index contributed by atoms with van der Waals surface area (Å²) in [6, 6.07) is 6.46. The van der Waals surface area contributed by atoms with E-state index in [9.17, 15) is 4.79 Å². The zero-order valence-electron chi connectivity index (χ0n) is 8.08. The zero-order chi connectivity index (χ0) is 10.8. The van der Waals surface area contributed by atoms with E-state index in [1.807, 2.05) is 0 Å². The van der Waals surface area contributed by atoms with E-state index in [-0.39, 0.29) is 5.56 Å². The highest BCUT2D eigenvalue weighted by atomic mass is 16.4. The van der Waals surface area contributed by atoms with Gasteiger partial charge in [0, 0.05) is 0 Å². The highest BCUT2D eigenvalue weighted by molar-refractivity contribution is 5.87. The third kappa shape index (κ3) is 1.85. The molecule has 2 aromatic rings. The molecule has 0 radical (unpaired) electrons. The second-order valence-corrected chi connectivity index (χ2v) is 3.09. The van der Waals surface area contributed by atoms with Gasteiger partial charge in [-0.05, 0) is 31.2 Å². The number of carboxylic acid groups (broad SMARTS) is 1. The molecular formula is C10H9N3O2. The van der Waals surface area contributed by atoms with Gasteiger partial charge < -0.3 is 5.11 Å². The summed E-state index contributed by atoms with van der Waals surface area (Å²) in [6.07, 6.45) is 1.59. The lowest BCUT2D eigenvalue weighted by Gasteiger charge is -2.00. The van der Waals surface area contributed by atoms with Crippen molar-refractivity contribution in [3.63, 3.8) is 0 Å². The summed E-state index contributed by atoms with van der Waals surface area (Å²) in [5, 5.41) is 12.8. The van der Waals surface area contributed by atoms with Crippen molar-refractivity contribution in [3.05, 3.63) is 42.0 Å². The summed E-state index contributed by atoms with van der Waals surface area (Å²) in [7, 11) is 0. The molecule has 0 atom stereocenters. The number of aryl methyl sites for hydroxylation is 1. The standard InChI is InChI=1S/C10H9N3O2/c1-7-11-6-13(12-7)9-4-2-8(3-5-9)10(14)15/h2-6H,1H3,(H,14,15). The Bertz CT molecular complexity index is 488. The summed E-state index contributed by atoms with van der Waals surface area (Å²) in [5.74, 6) is -0.256. The van der Waals surface area contributed by atoms with Crippen LogP contribution in [0.25, 0.3) is 5.69 Å². The van der Waals surface area contributed by atoms with Crippen LogP contribution in [0.2, 0.25) is 0 Å². The van der Waals surface area contributed by atoms with E-state index >= 15 is 0 Å². The Kier molecular flexibility index (Phi) is 2.21. The Morgan fingerprint density at radius 3 is 2.47 bits per heavy atom. The topological polar surface area (TPSA) is 68.0 Å². The SMILES string of the molecule is Cc1ncn(-c2ccc(C(=O)O)cc2)n1. The van der Waals surface area contributed by atoms with Gasteiger partial charge in [0.25, 0.3) is 0 Å². The van der Waals surface area contributed by atoms with Crippen molar-refractivity contribution >= 4 is 5.97 Å². The van der Waals surface area contributed by atoms with Gasteiger partial charge in [0.1, 0.15) is 12.2 Å². The zero-order valence-corrected chi connectivity index (χ0v) is 8.08. The van der Waals surface area contributed by atoms with Gasteiger partial charge in [-0.2, -0.15) is 5.10 Å². The van der Waals surface area contributed by atoms with Crippen LogP contribution in [0, 0.1) is 6.92 Å². The lowest BCUT2D eigenvalue weighted by Crippen LogP contribution is -1.98. The normalized spacial score (nSPS) is 10.2. The minimum atomic E-state index is -0.934. The molecule has 76 valence electrons. The Morgan fingerprint density at radius 2 is 2.00 bits per heavy atom. The Balaban J connectivity index is 2.35. The average Bonchev–Trinajstić information content (AvgIpc) is 2.65. The first kappa shape index (κ1) is 9.39. The summed E-state index contributed by atoms with van der Waals surface area (Å²) < 4.78 is 1.60. The van der Waals surface area contributed by atoms with Crippen molar-refractivity contribution in [2.24, 2.45) is 0 Å². The second-order valence-electron chi connectivity index (χ2n) is 3.09. The van der Waals surface area contributed by atoms with Gasteiger partial charge in [0.2, 0.25) is 0 Å². The molecule has 1 aromatic heterocycles. The molecule has 0 aliphatic rings. The fourth-order valence-electron chi connectivity index (χ4n) is 1.23. The van der Waals surface area contributed by atoms with Gasteiger partial charge >= 0.3 is 5.97 Å². The summed E-state index contributed by atoms with van der Waals surface area (Å²) in [5.41, 5.74) is 1.05. The molecule has 1 heterocycles. The molecule has 0 aliphatic heterocycles. The smallest absolute Gasteiger partial charge is 0.335 e. The molecule has 0 amide bonds. The molecule has 0 saturated carbocycles. The van der Waals surface area contributed by atoms with Crippen LogP contribution in [-0.4, -0.2) is 25.8 Å².